The van der Waals surface area contributed by atoms with E-state index in [0.717, 1.165) is 5.56 Å². The van der Waals surface area contributed by atoms with Crippen molar-refractivity contribution >= 4 is 17.7 Å². The maximum Gasteiger partial charge on any atom is 0.177 e. The first-order chi connectivity index (χ1) is 8.92. The highest BCUT2D eigenvalue weighted by atomic mass is 15.4. The summed E-state index contributed by atoms with van der Waals surface area (Å²) in [6.07, 6.45) is 6.65. The summed E-state index contributed by atoms with van der Waals surface area (Å²) in [6.45, 7) is 0. The molecule has 0 spiro atoms. The van der Waals surface area contributed by atoms with E-state index in [0.29, 0.717) is 11.5 Å². The van der Waals surface area contributed by atoms with E-state index >= 15 is 0 Å². The SMILES string of the molecule is C(=N/Nc1ccc2nncn2n1)/c1ccncc1. The molecule has 0 unspecified atom stereocenters. The minimum absolute atomic E-state index is 0.618. The number of hydrazone groups is 1. The molecule has 3 heterocycles. The van der Waals surface area contributed by atoms with Crippen LogP contribution in [-0.2, 0) is 0 Å². The van der Waals surface area contributed by atoms with E-state index < -0.39 is 0 Å². The van der Waals surface area contributed by atoms with E-state index in [1.807, 2.05) is 18.2 Å². The highest BCUT2D eigenvalue weighted by Gasteiger charge is 1.97. The van der Waals surface area contributed by atoms with Gasteiger partial charge in [0.1, 0.15) is 6.33 Å². The van der Waals surface area contributed by atoms with Crippen LogP contribution in [-0.4, -0.2) is 31.0 Å². The Hall–Kier alpha value is -2.83. The molecule has 0 saturated carbocycles. The van der Waals surface area contributed by atoms with Gasteiger partial charge in [-0.15, -0.1) is 15.3 Å². The van der Waals surface area contributed by atoms with Crippen LogP contribution < -0.4 is 5.43 Å². The van der Waals surface area contributed by atoms with Crippen molar-refractivity contribution in [1.82, 2.24) is 24.8 Å². The molecule has 88 valence electrons. The Morgan fingerprint density at radius 3 is 2.94 bits per heavy atom. The fraction of sp³-hybridized carbons (Fsp3) is 0. The van der Waals surface area contributed by atoms with Crippen LogP contribution in [0.15, 0.2) is 48.1 Å². The van der Waals surface area contributed by atoms with E-state index in [-0.39, 0.29) is 0 Å². The van der Waals surface area contributed by atoms with Crippen molar-refractivity contribution in [3.63, 3.8) is 0 Å². The molecular weight excluding hydrogens is 230 g/mol. The Kier molecular flexibility index (Phi) is 2.63. The summed E-state index contributed by atoms with van der Waals surface area (Å²) >= 11 is 0. The van der Waals surface area contributed by atoms with Gasteiger partial charge in [0.05, 0.1) is 6.21 Å². The zero-order chi connectivity index (χ0) is 12.2. The molecule has 0 aliphatic carbocycles. The molecule has 7 nitrogen and oxygen atoms in total. The van der Waals surface area contributed by atoms with Gasteiger partial charge < -0.3 is 0 Å². The molecule has 0 aliphatic heterocycles. The summed E-state index contributed by atoms with van der Waals surface area (Å²) in [6, 6.07) is 7.32. The summed E-state index contributed by atoms with van der Waals surface area (Å²) in [4.78, 5) is 3.93. The maximum absolute atomic E-state index is 4.22. The molecule has 3 aromatic rings. The van der Waals surface area contributed by atoms with Gasteiger partial charge >= 0.3 is 0 Å². The average Bonchev–Trinajstić information content (AvgIpc) is 2.87. The predicted molar refractivity (Wildman–Crippen MR) is 66.2 cm³/mol. The third kappa shape index (κ3) is 2.14. The minimum atomic E-state index is 0.618. The number of hydrogen-bond acceptors (Lipinski definition) is 6. The van der Waals surface area contributed by atoms with Crippen molar-refractivity contribution in [1.29, 1.82) is 0 Å². The Labute approximate surface area is 102 Å². The van der Waals surface area contributed by atoms with Gasteiger partial charge in [-0.3, -0.25) is 10.4 Å². The molecular formula is C11H9N7. The second kappa shape index (κ2) is 4.58. The Morgan fingerprint density at radius 1 is 1.17 bits per heavy atom. The average molecular weight is 239 g/mol. The van der Waals surface area contributed by atoms with Crippen molar-refractivity contribution in [2.24, 2.45) is 5.10 Å². The maximum atomic E-state index is 4.22. The van der Waals surface area contributed by atoms with E-state index in [9.17, 15) is 0 Å². The predicted octanol–water partition coefficient (Wildman–Crippen LogP) is 0.965. The monoisotopic (exact) mass is 239 g/mol. The summed E-state index contributed by atoms with van der Waals surface area (Å²) in [7, 11) is 0. The van der Waals surface area contributed by atoms with Crippen molar-refractivity contribution in [2.75, 3.05) is 5.43 Å². The van der Waals surface area contributed by atoms with Crippen LogP contribution in [0.1, 0.15) is 5.56 Å². The Morgan fingerprint density at radius 2 is 2.06 bits per heavy atom. The fourth-order valence-corrected chi connectivity index (χ4v) is 1.41. The van der Waals surface area contributed by atoms with Crippen molar-refractivity contribution in [3.8, 4) is 0 Å². The first-order valence-electron chi connectivity index (χ1n) is 5.28. The lowest BCUT2D eigenvalue weighted by Crippen LogP contribution is -1.98. The molecule has 0 radical (unpaired) electrons. The molecule has 1 N–H and O–H groups in total. The number of nitrogens with zero attached hydrogens (tertiary/aromatic N) is 6. The van der Waals surface area contributed by atoms with Gasteiger partial charge in [0.2, 0.25) is 0 Å². The van der Waals surface area contributed by atoms with Crippen LogP contribution in [0.25, 0.3) is 5.65 Å². The molecule has 0 aliphatic rings. The lowest BCUT2D eigenvalue weighted by atomic mass is 10.3. The van der Waals surface area contributed by atoms with Gasteiger partial charge in [-0.2, -0.15) is 9.62 Å². The third-order valence-corrected chi connectivity index (χ3v) is 2.26. The molecule has 0 saturated heterocycles. The topological polar surface area (TPSA) is 80.4 Å². The first kappa shape index (κ1) is 10.3. The second-order valence-corrected chi connectivity index (χ2v) is 3.50. The van der Waals surface area contributed by atoms with E-state index in [1.165, 1.54) is 6.33 Å². The fourth-order valence-electron chi connectivity index (χ4n) is 1.41. The third-order valence-electron chi connectivity index (χ3n) is 2.26. The lowest BCUT2D eigenvalue weighted by Gasteiger charge is -1.98. The number of fused-ring (bicyclic) bond motifs is 1. The van der Waals surface area contributed by atoms with Crippen molar-refractivity contribution < 1.29 is 0 Å². The van der Waals surface area contributed by atoms with Crippen LogP contribution in [0.5, 0.6) is 0 Å². The normalized spacial score (nSPS) is 11.1. The number of anilines is 1. The molecule has 0 aromatic carbocycles. The van der Waals surface area contributed by atoms with Gasteiger partial charge in [-0.25, -0.2) is 0 Å². The largest absolute Gasteiger partial charge is 0.265 e. The Bertz CT molecular complexity index is 674. The summed E-state index contributed by atoms with van der Waals surface area (Å²) < 4.78 is 1.57. The van der Waals surface area contributed by atoms with Gasteiger partial charge in [-0.1, -0.05) is 0 Å². The standard InChI is InChI=1S/C11H9N7/c1-2-11-16-14-8-18(11)17-10(1)15-13-7-9-3-5-12-6-4-9/h1-8H,(H,15,17)/b13-7-. The van der Waals surface area contributed by atoms with Gasteiger partial charge in [0.15, 0.2) is 11.5 Å². The van der Waals surface area contributed by atoms with Crippen LogP contribution in [0.2, 0.25) is 0 Å². The number of nitrogens with one attached hydrogen (secondary N) is 1. The quantitative estimate of drug-likeness (QED) is 0.544. The Balaban J connectivity index is 1.74. The first-order valence-corrected chi connectivity index (χ1v) is 5.28. The molecule has 3 aromatic heterocycles. The van der Waals surface area contributed by atoms with Crippen LogP contribution >= 0.6 is 0 Å². The van der Waals surface area contributed by atoms with Crippen LogP contribution in [0, 0.1) is 0 Å². The second-order valence-electron chi connectivity index (χ2n) is 3.50. The molecule has 0 bridgehead atoms. The van der Waals surface area contributed by atoms with Crippen molar-refractivity contribution in [3.05, 3.63) is 48.5 Å². The van der Waals surface area contributed by atoms with E-state index in [2.05, 4.69) is 30.8 Å². The number of hydrogen-bond donors (Lipinski definition) is 1. The van der Waals surface area contributed by atoms with Crippen LogP contribution in [0.3, 0.4) is 0 Å². The lowest BCUT2D eigenvalue weighted by molar-refractivity contribution is 0.925. The summed E-state index contributed by atoms with van der Waals surface area (Å²) in [5.41, 5.74) is 4.49. The summed E-state index contributed by atoms with van der Waals surface area (Å²) in [5.74, 6) is 0.618. The molecule has 18 heavy (non-hydrogen) atoms. The van der Waals surface area contributed by atoms with Crippen molar-refractivity contribution in [2.45, 2.75) is 0 Å². The smallest absolute Gasteiger partial charge is 0.177 e. The number of pyridine rings is 1. The highest BCUT2D eigenvalue weighted by molar-refractivity contribution is 5.79. The molecule has 0 atom stereocenters. The zero-order valence-corrected chi connectivity index (χ0v) is 9.30. The number of aromatic nitrogens is 5. The zero-order valence-electron chi connectivity index (χ0n) is 9.30. The van der Waals surface area contributed by atoms with Gasteiger partial charge in [0, 0.05) is 12.4 Å². The number of rotatable bonds is 3. The van der Waals surface area contributed by atoms with E-state index in [1.54, 1.807) is 29.2 Å². The molecule has 7 heteroatoms. The van der Waals surface area contributed by atoms with E-state index in [4.69, 9.17) is 0 Å². The van der Waals surface area contributed by atoms with Crippen LogP contribution in [0.4, 0.5) is 5.82 Å². The minimum Gasteiger partial charge on any atom is -0.265 e. The molecule has 0 amide bonds. The van der Waals surface area contributed by atoms with Gasteiger partial charge in [0.25, 0.3) is 0 Å². The highest BCUT2D eigenvalue weighted by Crippen LogP contribution is 2.03. The summed E-state index contributed by atoms with van der Waals surface area (Å²) in [5, 5.41) is 15.9. The molecule has 3 rings (SSSR count). The molecule has 0 fully saturated rings. The van der Waals surface area contributed by atoms with Gasteiger partial charge in [-0.05, 0) is 29.8 Å².